The largest absolute Gasteiger partial charge is 0.380 e. The van der Waals surface area contributed by atoms with Gasteiger partial charge in [0, 0.05) is 12.2 Å². The highest BCUT2D eigenvalue weighted by Crippen LogP contribution is 2.21. The van der Waals surface area contributed by atoms with Gasteiger partial charge in [0.1, 0.15) is 0 Å². The van der Waals surface area contributed by atoms with E-state index < -0.39 is 0 Å². The first-order valence-corrected chi connectivity index (χ1v) is 5.40. The van der Waals surface area contributed by atoms with Crippen LogP contribution in [0.25, 0.3) is 0 Å². The first-order valence-electron chi connectivity index (χ1n) is 5.02. The summed E-state index contributed by atoms with van der Waals surface area (Å²) in [4.78, 5) is 4.03. The predicted octanol–water partition coefficient (Wildman–Crippen LogP) is 3.58. The molecule has 14 heavy (non-hydrogen) atoms. The van der Waals surface area contributed by atoms with Crippen LogP contribution in [0.15, 0.2) is 18.3 Å². The lowest BCUT2D eigenvalue weighted by atomic mass is 10.0. The summed E-state index contributed by atoms with van der Waals surface area (Å²) in [6.45, 7) is 6.57. The molecule has 1 aromatic heterocycles. The summed E-state index contributed by atoms with van der Waals surface area (Å²) >= 11 is 5.96. The fourth-order valence-electron chi connectivity index (χ4n) is 1.43. The molecule has 0 aromatic carbocycles. The van der Waals surface area contributed by atoms with E-state index in [1.54, 1.807) is 6.20 Å². The van der Waals surface area contributed by atoms with Crippen molar-refractivity contribution in [1.82, 2.24) is 4.98 Å². The molecule has 0 aliphatic heterocycles. The Balaban J connectivity index is 2.72. The number of halogens is 1. The zero-order chi connectivity index (χ0) is 10.6. The highest BCUT2D eigenvalue weighted by atomic mass is 35.5. The molecule has 78 valence electrons. The van der Waals surface area contributed by atoms with Crippen molar-refractivity contribution < 1.29 is 0 Å². The van der Waals surface area contributed by atoms with Crippen LogP contribution in [0.5, 0.6) is 0 Å². The summed E-state index contributed by atoms with van der Waals surface area (Å²) in [7, 11) is 0. The third-order valence-electron chi connectivity index (χ3n) is 2.34. The van der Waals surface area contributed by atoms with E-state index >= 15 is 0 Å². The van der Waals surface area contributed by atoms with Crippen LogP contribution in [-0.4, -0.2) is 11.0 Å². The molecule has 0 bridgehead atoms. The van der Waals surface area contributed by atoms with E-state index in [0.717, 1.165) is 12.1 Å². The van der Waals surface area contributed by atoms with Gasteiger partial charge in [0.05, 0.1) is 5.69 Å². The topological polar surface area (TPSA) is 24.9 Å². The fourth-order valence-corrected chi connectivity index (χ4v) is 1.61. The van der Waals surface area contributed by atoms with Crippen LogP contribution in [0.1, 0.15) is 27.2 Å². The van der Waals surface area contributed by atoms with Crippen LogP contribution in [0.2, 0.25) is 5.15 Å². The molecule has 1 atom stereocenters. The molecule has 0 amide bonds. The van der Waals surface area contributed by atoms with Crippen molar-refractivity contribution in [1.29, 1.82) is 0 Å². The molecule has 0 aliphatic rings. The number of nitrogens with zero attached hydrogens (tertiary/aromatic N) is 1. The molecule has 0 saturated carbocycles. The number of hydrogen-bond acceptors (Lipinski definition) is 2. The van der Waals surface area contributed by atoms with Crippen LogP contribution < -0.4 is 5.32 Å². The third kappa shape index (κ3) is 2.88. The minimum atomic E-state index is 0.455. The molecule has 2 nitrogen and oxygen atoms in total. The first-order chi connectivity index (χ1) is 6.65. The maximum atomic E-state index is 5.96. The van der Waals surface area contributed by atoms with Gasteiger partial charge in [-0.2, -0.15) is 0 Å². The smallest absolute Gasteiger partial charge is 0.152 e. The Labute approximate surface area is 90.7 Å². The third-order valence-corrected chi connectivity index (χ3v) is 2.65. The quantitative estimate of drug-likeness (QED) is 0.772. The first kappa shape index (κ1) is 11.3. The lowest BCUT2D eigenvalue weighted by Gasteiger charge is -2.22. The van der Waals surface area contributed by atoms with Gasteiger partial charge in [0.2, 0.25) is 0 Å². The van der Waals surface area contributed by atoms with Crippen molar-refractivity contribution in [2.75, 3.05) is 5.32 Å². The van der Waals surface area contributed by atoms with Gasteiger partial charge in [-0.3, -0.25) is 0 Å². The maximum Gasteiger partial charge on any atom is 0.152 e. The lowest BCUT2D eigenvalue weighted by Crippen LogP contribution is -2.24. The highest BCUT2D eigenvalue weighted by molar-refractivity contribution is 6.31. The van der Waals surface area contributed by atoms with Crippen molar-refractivity contribution in [2.45, 2.75) is 33.2 Å². The molecule has 0 fully saturated rings. The van der Waals surface area contributed by atoms with Crippen molar-refractivity contribution in [2.24, 2.45) is 5.92 Å². The molecular formula is C11H17ClN2. The summed E-state index contributed by atoms with van der Waals surface area (Å²) < 4.78 is 0. The Morgan fingerprint density at radius 2 is 2.21 bits per heavy atom. The van der Waals surface area contributed by atoms with E-state index in [-0.39, 0.29) is 0 Å². The summed E-state index contributed by atoms with van der Waals surface area (Å²) in [6.07, 6.45) is 2.78. The Kier molecular flexibility index (Phi) is 4.21. The van der Waals surface area contributed by atoms with Crippen LogP contribution in [0, 0.1) is 5.92 Å². The Hall–Kier alpha value is -0.760. The summed E-state index contributed by atoms with van der Waals surface area (Å²) in [5.74, 6) is 0.594. The second-order valence-electron chi connectivity index (χ2n) is 3.74. The SMILES string of the molecule is CCC(Nc1cccnc1Cl)C(C)C. The Morgan fingerprint density at radius 3 is 2.71 bits per heavy atom. The van der Waals surface area contributed by atoms with E-state index in [1.165, 1.54) is 0 Å². The molecule has 0 aliphatic carbocycles. The standard InChI is InChI=1S/C11H17ClN2/c1-4-9(8(2)3)14-10-6-5-7-13-11(10)12/h5-9,14H,4H2,1-3H3. The Bertz CT molecular complexity index is 286. The molecule has 0 radical (unpaired) electrons. The molecule has 1 unspecified atom stereocenters. The second kappa shape index (κ2) is 5.20. The van der Waals surface area contributed by atoms with E-state index in [2.05, 4.69) is 31.1 Å². The van der Waals surface area contributed by atoms with Crippen LogP contribution in [0.3, 0.4) is 0 Å². The monoisotopic (exact) mass is 212 g/mol. The van der Waals surface area contributed by atoms with E-state index in [0.29, 0.717) is 17.1 Å². The fraction of sp³-hybridized carbons (Fsp3) is 0.545. The lowest BCUT2D eigenvalue weighted by molar-refractivity contribution is 0.511. The molecule has 1 aromatic rings. The van der Waals surface area contributed by atoms with Gasteiger partial charge in [-0.25, -0.2) is 4.98 Å². The minimum absolute atomic E-state index is 0.455. The van der Waals surface area contributed by atoms with Gasteiger partial charge in [-0.1, -0.05) is 32.4 Å². The van der Waals surface area contributed by atoms with Gasteiger partial charge in [-0.15, -0.1) is 0 Å². The number of aromatic nitrogens is 1. The molecule has 1 rings (SSSR count). The number of hydrogen-bond donors (Lipinski definition) is 1. The molecular weight excluding hydrogens is 196 g/mol. The minimum Gasteiger partial charge on any atom is -0.380 e. The van der Waals surface area contributed by atoms with Gasteiger partial charge in [-0.05, 0) is 24.5 Å². The van der Waals surface area contributed by atoms with Crippen molar-refractivity contribution in [3.05, 3.63) is 23.5 Å². The second-order valence-corrected chi connectivity index (χ2v) is 4.10. The average molecular weight is 213 g/mol. The van der Waals surface area contributed by atoms with E-state index in [1.807, 2.05) is 12.1 Å². The Morgan fingerprint density at radius 1 is 1.50 bits per heavy atom. The van der Waals surface area contributed by atoms with Gasteiger partial charge in [0.15, 0.2) is 5.15 Å². The number of rotatable bonds is 4. The van der Waals surface area contributed by atoms with Crippen molar-refractivity contribution in [3.8, 4) is 0 Å². The molecule has 0 spiro atoms. The maximum absolute atomic E-state index is 5.96. The van der Waals surface area contributed by atoms with Gasteiger partial charge in [0.25, 0.3) is 0 Å². The molecule has 0 saturated heterocycles. The molecule has 1 N–H and O–H groups in total. The average Bonchev–Trinajstić information content (AvgIpc) is 2.16. The van der Waals surface area contributed by atoms with E-state index in [4.69, 9.17) is 11.6 Å². The number of nitrogens with one attached hydrogen (secondary N) is 1. The molecule has 1 heterocycles. The zero-order valence-electron chi connectivity index (χ0n) is 8.92. The number of anilines is 1. The summed E-state index contributed by atoms with van der Waals surface area (Å²) in [6, 6.07) is 4.30. The predicted molar refractivity (Wildman–Crippen MR) is 61.8 cm³/mol. The molecule has 3 heteroatoms. The number of pyridine rings is 1. The van der Waals surface area contributed by atoms with Gasteiger partial charge >= 0.3 is 0 Å². The normalized spacial score (nSPS) is 12.9. The summed E-state index contributed by atoms with van der Waals surface area (Å²) in [5, 5.41) is 3.95. The van der Waals surface area contributed by atoms with E-state index in [9.17, 15) is 0 Å². The summed E-state index contributed by atoms with van der Waals surface area (Å²) in [5.41, 5.74) is 0.926. The van der Waals surface area contributed by atoms with Crippen molar-refractivity contribution >= 4 is 17.3 Å². The van der Waals surface area contributed by atoms with Gasteiger partial charge < -0.3 is 5.32 Å². The highest BCUT2D eigenvalue weighted by Gasteiger charge is 2.11. The zero-order valence-corrected chi connectivity index (χ0v) is 9.67. The van der Waals surface area contributed by atoms with Crippen LogP contribution in [0.4, 0.5) is 5.69 Å². The van der Waals surface area contributed by atoms with Crippen LogP contribution in [-0.2, 0) is 0 Å². The van der Waals surface area contributed by atoms with Crippen LogP contribution >= 0.6 is 11.6 Å². The van der Waals surface area contributed by atoms with Crippen molar-refractivity contribution in [3.63, 3.8) is 0 Å².